The van der Waals surface area contributed by atoms with Gasteiger partial charge in [0, 0.05) is 30.6 Å². The normalized spacial score (nSPS) is 21.6. The molecule has 8 nitrogen and oxygen atoms in total. The third kappa shape index (κ3) is 2.43. The van der Waals surface area contributed by atoms with Gasteiger partial charge < -0.3 is 0 Å². The molecule has 0 amide bonds. The average Bonchev–Trinajstić information content (AvgIpc) is 3.39. The largest absolute Gasteiger partial charge is 0.275 e. The molecule has 140 valence electrons. The summed E-state index contributed by atoms with van der Waals surface area (Å²) in [6.07, 6.45) is 13.1. The molecule has 1 aliphatic rings. The van der Waals surface area contributed by atoms with E-state index in [1.165, 1.54) is 0 Å². The Morgan fingerprint density at radius 1 is 1.07 bits per heavy atom. The van der Waals surface area contributed by atoms with Crippen LogP contribution in [-0.2, 0) is 12.6 Å². The van der Waals surface area contributed by atoms with Gasteiger partial charge in [-0.1, -0.05) is 0 Å². The minimum Gasteiger partial charge on any atom is -0.275 e. The molecular weight excluding hydrogens is 352 g/mol. The molecule has 0 spiro atoms. The van der Waals surface area contributed by atoms with Crippen molar-refractivity contribution in [2.75, 3.05) is 0 Å². The van der Waals surface area contributed by atoms with Crippen LogP contribution in [0.1, 0.15) is 25.3 Å². The highest BCUT2D eigenvalue weighted by Gasteiger charge is 2.42. The van der Waals surface area contributed by atoms with Gasteiger partial charge in [-0.15, -0.1) is 0 Å². The second kappa shape index (κ2) is 5.76. The smallest absolute Gasteiger partial charge is 0.100 e. The molecule has 1 aliphatic carbocycles. The van der Waals surface area contributed by atoms with Crippen molar-refractivity contribution in [3.8, 4) is 28.6 Å². The molecule has 1 saturated carbocycles. The average molecular weight is 372 g/mol. The zero-order valence-electron chi connectivity index (χ0n) is 16.0. The van der Waals surface area contributed by atoms with Gasteiger partial charge in [0.1, 0.15) is 5.69 Å². The molecule has 0 radical (unpaired) electrons. The van der Waals surface area contributed by atoms with Crippen molar-refractivity contribution in [3.05, 3.63) is 42.7 Å². The Morgan fingerprint density at radius 2 is 1.86 bits per heavy atom. The summed E-state index contributed by atoms with van der Waals surface area (Å²) in [4.78, 5) is 4.94. The van der Waals surface area contributed by atoms with Crippen LogP contribution in [0.15, 0.2) is 37.2 Å². The Labute approximate surface area is 162 Å². The number of rotatable bonds is 3. The van der Waals surface area contributed by atoms with Crippen LogP contribution in [0.2, 0.25) is 0 Å². The number of hydrogen-bond acceptors (Lipinski definition) is 5. The minimum atomic E-state index is -0.106. The number of nitriles is 1. The Morgan fingerprint density at radius 3 is 2.57 bits per heavy atom. The van der Waals surface area contributed by atoms with E-state index >= 15 is 0 Å². The molecule has 4 aromatic heterocycles. The third-order valence-corrected chi connectivity index (χ3v) is 5.64. The summed E-state index contributed by atoms with van der Waals surface area (Å²) in [6.45, 7) is 4.18. The zero-order chi connectivity index (χ0) is 19.5. The van der Waals surface area contributed by atoms with E-state index in [1.807, 2.05) is 54.2 Å². The molecule has 0 aromatic carbocycles. The number of aryl methyl sites for hydroxylation is 2. The monoisotopic (exact) mass is 372 g/mol. The predicted octanol–water partition coefficient (Wildman–Crippen LogP) is 2.95. The highest BCUT2D eigenvalue weighted by Crippen LogP contribution is 2.43. The summed E-state index contributed by atoms with van der Waals surface area (Å²) in [5, 5.41) is 22.5. The highest BCUT2D eigenvalue weighted by atomic mass is 15.3. The lowest BCUT2D eigenvalue weighted by Crippen LogP contribution is -2.43. The van der Waals surface area contributed by atoms with E-state index in [-0.39, 0.29) is 11.5 Å². The maximum absolute atomic E-state index is 9.11. The Balaban J connectivity index is 1.63. The van der Waals surface area contributed by atoms with Gasteiger partial charge >= 0.3 is 0 Å². The van der Waals surface area contributed by atoms with Crippen molar-refractivity contribution < 1.29 is 0 Å². The summed E-state index contributed by atoms with van der Waals surface area (Å²) in [7, 11) is 1.89. The first-order chi connectivity index (χ1) is 13.5. The molecule has 0 bridgehead atoms. The number of nitrogens with zero attached hydrogens (tertiary/aromatic N) is 8. The standard InChI is InChI=1S/C20H20N8/c1-13-7-23-27-12-17(15-8-22-26(3)10-15)25-18(19(13)27)16-9-24-28(11-16)20(2)4-14(5-20)6-21/h7-12,14H,4-5H2,1-3H3. The number of aromatic nitrogens is 7. The lowest BCUT2D eigenvalue weighted by atomic mass is 9.70. The van der Waals surface area contributed by atoms with Crippen molar-refractivity contribution in [3.63, 3.8) is 0 Å². The minimum absolute atomic E-state index is 0.106. The molecular formula is C20H20N8. The van der Waals surface area contributed by atoms with Crippen LogP contribution in [0, 0.1) is 24.2 Å². The second-order valence-electron chi connectivity index (χ2n) is 7.90. The first-order valence-electron chi connectivity index (χ1n) is 9.26. The predicted molar refractivity (Wildman–Crippen MR) is 103 cm³/mol. The van der Waals surface area contributed by atoms with Gasteiger partial charge in [0.05, 0.1) is 53.5 Å². The van der Waals surface area contributed by atoms with Gasteiger partial charge in [0.2, 0.25) is 0 Å². The first kappa shape index (κ1) is 16.7. The van der Waals surface area contributed by atoms with Crippen molar-refractivity contribution in [1.82, 2.24) is 34.2 Å². The first-order valence-corrected chi connectivity index (χ1v) is 9.26. The summed E-state index contributed by atoms with van der Waals surface area (Å²) in [5.41, 5.74) is 5.47. The van der Waals surface area contributed by atoms with Gasteiger partial charge in [-0.05, 0) is 32.3 Å². The maximum atomic E-state index is 9.11. The molecule has 4 heterocycles. The van der Waals surface area contributed by atoms with E-state index < -0.39 is 0 Å². The van der Waals surface area contributed by atoms with Gasteiger partial charge in [-0.3, -0.25) is 9.36 Å². The topological polar surface area (TPSA) is 89.6 Å². The maximum Gasteiger partial charge on any atom is 0.100 e. The van der Waals surface area contributed by atoms with Gasteiger partial charge in [-0.2, -0.15) is 20.6 Å². The summed E-state index contributed by atoms with van der Waals surface area (Å²) in [6, 6.07) is 2.35. The molecule has 5 rings (SSSR count). The molecule has 28 heavy (non-hydrogen) atoms. The second-order valence-corrected chi connectivity index (χ2v) is 7.90. The fourth-order valence-electron chi connectivity index (χ4n) is 4.07. The zero-order valence-corrected chi connectivity index (χ0v) is 16.0. The molecule has 4 aromatic rings. The highest BCUT2D eigenvalue weighted by molar-refractivity contribution is 5.80. The lowest BCUT2D eigenvalue weighted by Gasteiger charge is -2.42. The van der Waals surface area contributed by atoms with Gasteiger partial charge in [0.25, 0.3) is 0 Å². The summed E-state index contributed by atoms with van der Waals surface area (Å²) >= 11 is 0. The van der Waals surface area contributed by atoms with E-state index in [0.29, 0.717) is 0 Å². The van der Waals surface area contributed by atoms with E-state index in [9.17, 15) is 0 Å². The summed E-state index contributed by atoms with van der Waals surface area (Å²) in [5.74, 6) is 0.119. The van der Waals surface area contributed by atoms with Crippen LogP contribution >= 0.6 is 0 Å². The van der Waals surface area contributed by atoms with Crippen LogP contribution in [0.25, 0.3) is 28.0 Å². The Hall–Kier alpha value is -3.47. The molecule has 8 heteroatoms. The van der Waals surface area contributed by atoms with Crippen LogP contribution in [0.3, 0.4) is 0 Å². The molecule has 0 aliphatic heterocycles. The van der Waals surface area contributed by atoms with E-state index in [0.717, 1.165) is 46.4 Å². The molecule has 0 unspecified atom stereocenters. The van der Waals surface area contributed by atoms with Crippen LogP contribution < -0.4 is 0 Å². The number of fused-ring (bicyclic) bond motifs is 1. The quantitative estimate of drug-likeness (QED) is 0.551. The van der Waals surface area contributed by atoms with Gasteiger partial charge in [0.15, 0.2) is 0 Å². The molecule has 0 saturated heterocycles. The van der Waals surface area contributed by atoms with Crippen LogP contribution in [0.4, 0.5) is 0 Å². The third-order valence-electron chi connectivity index (χ3n) is 5.64. The van der Waals surface area contributed by atoms with Crippen molar-refractivity contribution in [2.24, 2.45) is 13.0 Å². The lowest BCUT2D eigenvalue weighted by molar-refractivity contribution is 0.105. The van der Waals surface area contributed by atoms with Crippen LogP contribution in [0.5, 0.6) is 0 Å². The van der Waals surface area contributed by atoms with Crippen molar-refractivity contribution in [1.29, 1.82) is 5.26 Å². The molecule has 0 atom stereocenters. The Kier molecular flexibility index (Phi) is 3.43. The van der Waals surface area contributed by atoms with Crippen molar-refractivity contribution >= 4 is 5.52 Å². The van der Waals surface area contributed by atoms with Crippen molar-refractivity contribution in [2.45, 2.75) is 32.2 Å². The fourth-order valence-corrected chi connectivity index (χ4v) is 4.07. The number of hydrogen-bond donors (Lipinski definition) is 0. The Bertz CT molecular complexity index is 1230. The van der Waals surface area contributed by atoms with E-state index in [2.05, 4.69) is 28.3 Å². The van der Waals surface area contributed by atoms with E-state index in [1.54, 1.807) is 10.9 Å². The SMILES string of the molecule is Cc1cnn2cc(-c3cnn(C)c3)nc(-c3cnn(C4(C)CC(C#N)C4)c3)c12. The fraction of sp³-hybridized carbons (Fsp3) is 0.350. The summed E-state index contributed by atoms with van der Waals surface area (Å²) < 4.78 is 5.61. The molecule has 1 fully saturated rings. The van der Waals surface area contributed by atoms with Gasteiger partial charge in [-0.25, -0.2) is 9.50 Å². The van der Waals surface area contributed by atoms with Crippen LogP contribution in [-0.4, -0.2) is 34.2 Å². The molecule has 0 N–H and O–H groups in total. The van der Waals surface area contributed by atoms with E-state index in [4.69, 9.17) is 10.2 Å².